The Labute approximate surface area is 178 Å². The fourth-order valence-electron chi connectivity index (χ4n) is 3.01. The summed E-state index contributed by atoms with van der Waals surface area (Å²) in [7, 11) is 0. The third kappa shape index (κ3) is 3.85. The molecule has 0 atom stereocenters. The van der Waals surface area contributed by atoms with E-state index in [1.807, 2.05) is 53.2 Å². The van der Waals surface area contributed by atoms with Gasteiger partial charge in [0, 0.05) is 11.8 Å². The van der Waals surface area contributed by atoms with Gasteiger partial charge in [-0.05, 0) is 51.3 Å². The molecule has 4 aromatic rings. The molecule has 140 valence electrons. The molecule has 2 aromatic carbocycles. The molecule has 0 radical (unpaired) electrons. The fraction of sp³-hybridized carbons (Fsp3) is 0.174. The summed E-state index contributed by atoms with van der Waals surface area (Å²) in [5, 5.41) is 4.62. The first kappa shape index (κ1) is 18.8. The molecule has 0 fully saturated rings. The quantitative estimate of drug-likeness (QED) is 0.265. The van der Waals surface area contributed by atoms with Crippen LogP contribution in [0.2, 0.25) is 0 Å². The number of rotatable bonds is 3. The zero-order chi connectivity index (χ0) is 19.7. The first-order valence-electron chi connectivity index (χ1n) is 9.17. The average molecular weight is 480 g/mol. The maximum Gasteiger partial charge on any atom is 0.182 e. The van der Waals surface area contributed by atoms with Crippen molar-refractivity contribution in [3.63, 3.8) is 0 Å². The van der Waals surface area contributed by atoms with E-state index in [9.17, 15) is 0 Å². The van der Waals surface area contributed by atoms with Crippen LogP contribution in [-0.4, -0.2) is 20.8 Å². The second-order valence-corrected chi connectivity index (χ2v) is 8.81. The highest BCUT2D eigenvalue weighted by Gasteiger charge is 2.17. The van der Waals surface area contributed by atoms with Gasteiger partial charge in [0.1, 0.15) is 9.39 Å². The lowest BCUT2D eigenvalue weighted by atomic mass is 9.86. The van der Waals surface area contributed by atoms with Crippen molar-refractivity contribution in [3.05, 3.63) is 81.6 Å². The van der Waals surface area contributed by atoms with E-state index < -0.39 is 0 Å². The topological polar surface area (TPSA) is 42.5 Å². The van der Waals surface area contributed by atoms with Crippen molar-refractivity contribution in [1.29, 1.82) is 0 Å². The van der Waals surface area contributed by atoms with Gasteiger partial charge in [-0.1, -0.05) is 75.4 Å². The molecule has 0 amide bonds. The maximum absolute atomic E-state index is 4.81. The number of imidazole rings is 1. The minimum absolute atomic E-state index is 0.114. The van der Waals surface area contributed by atoms with Crippen LogP contribution in [0.4, 0.5) is 5.82 Å². The molecule has 28 heavy (non-hydrogen) atoms. The highest BCUT2D eigenvalue weighted by atomic mass is 127. The number of hydrogen-bond acceptors (Lipinski definition) is 3. The lowest BCUT2D eigenvalue weighted by molar-refractivity contribution is 0.590. The largest absolute Gasteiger partial charge is 0.235 e. The standard InChI is InChI=1S/C23H21IN4/c1-23(2,3)18-11-9-17(10-12-18)21-22(25-15-16-7-5-4-6-8-16)28-20(26-21)14-13-19(24)27-28/h4-15H,1-3H3/b25-15+. The summed E-state index contributed by atoms with van der Waals surface area (Å²) in [6.45, 7) is 6.65. The molecule has 2 heterocycles. The van der Waals surface area contributed by atoms with Crippen molar-refractivity contribution in [2.75, 3.05) is 0 Å². The predicted octanol–water partition coefficient (Wildman–Crippen LogP) is 6.05. The van der Waals surface area contributed by atoms with Gasteiger partial charge in [-0.3, -0.25) is 0 Å². The van der Waals surface area contributed by atoms with E-state index in [0.717, 1.165) is 32.0 Å². The molecule has 0 spiro atoms. The maximum atomic E-state index is 4.81. The van der Waals surface area contributed by atoms with Gasteiger partial charge >= 0.3 is 0 Å². The van der Waals surface area contributed by atoms with Crippen LogP contribution in [0.3, 0.4) is 0 Å². The van der Waals surface area contributed by atoms with Crippen molar-refractivity contribution in [1.82, 2.24) is 14.6 Å². The third-order valence-corrected chi connectivity index (χ3v) is 5.16. The number of aliphatic imine (C=N–C) groups is 1. The van der Waals surface area contributed by atoms with Crippen molar-refractivity contribution < 1.29 is 0 Å². The minimum Gasteiger partial charge on any atom is -0.235 e. The van der Waals surface area contributed by atoms with E-state index in [2.05, 4.69) is 72.7 Å². The number of benzene rings is 2. The van der Waals surface area contributed by atoms with Gasteiger partial charge in [0.05, 0.1) is 0 Å². The zero-order valence-corrected chi connectivity index (χ0v) is 18.3. The van der Waals surface area contributed by atoms with Crippen LogP contribution in [0.1, 0.15) is 31.9 Å². The second-order valence-electron chi connectivity index (χ2n) is 7.71. The van der Waals surface area contributed by atoms with E-state index in [-0.39, 0.29) is 5.41 Å². The van der Waals surface area contributed by atoms with Gasteiger partial charge in [-0.2, -0.15) is 9.61 Å². The number of halogens is 1. The van der Waals surface area contributed by atoms with E-state index in [1.165, 1.54) is 5.56 Å². The molecule has 0 saturated carbocycles. The fourth-order valence-corrected chi connectivity index (χ4v) is 3.41. The van der Waals surface area contributed by atoms with Gasteiger partial charge in [-0.25, -0.2) is 9.98 Å². The molecule has 4 nitrogen and oxygen atoms in total. The minimum atomic E-state index is 0.114. The van der Waals surface area contributed by atoms with E-state index >= 15 is 0 Å². The molecule has 0 aliphatic rings. The summed E-state index contributed by atoms with van der Waals surface area (Å²) in [4.78, 5) is 9.57. The molecule has 5 heteroatoms. The number of nitrogens with zero attached hydrogens (tertiary/aromatic N) is 4. The number of hydrogen-bond donors (Lipinski definition) is 0. The first-order chi connectivity index (χ1) is 13.4. The molecule has 0 aliphatic carbocycles. The van der Waals surface area contributed by atoms with Crippen LogP contribution in [0.25, 0.3) is 16.9 Å². The molecular weight excluding hydrogens is 459 g/mol. The molecule has 0 unspecified atom stereocenters. The first-order valence-corrected chi connectivity index (χ1v) is 10.2. The lowest BCUT2D eigenvalue weighted by Crippen LogP contribution is -2.10. The normalized spacial score (nSPS) is 12.1. The summed E-state index contributed by atoms with van der Waals surface area (Å²) in [6.07, 6.45) is 1.86. The Balaban J connectivity index is 1.85. The van der Waals surface area contributed by atoms with Gasteiger partial charge in [0.25, 0.3) is 0 Å². The van der Waals surface area contributed by atoms with E-state index in [4.69, 9.17) is 9.98 Å². The highest BCUT2D eigenvalue weighted by Crippen LogP contribution is 2.32. The van der Waals surface area contributed by atoms with Crippen LogP contribution < -0.4 is 0 Å². The molecule has 2 aromatic heterocycles. The smallest absolute Gasteiger partial charge is 0.182 e. The molecule has 4 rings (SSSR count). The Bertz CT molecular complexity index is 1140. The van der Waals surface area contributed by atoms with Gasteiger partial charge in [0.15, 0.2) is 11.5 Å². The van der Waals surface area contributed by atoms with Crippen LogP contribution in [-0.2, 0) is 5.41 Å². The number of fused-ring (bicyclic) bond motifs is 1. The summed E-state index contributed by atoms with van der Waals surface area (Å²) in [5.74, 6) is 0.737. The Morgan fingerprint density at radius 1 is 0.929 bits per heavy atom. The van der Waals surface area contributed by atoms with Crippen LogP contribution in [0.5, 0.6) is 0 Å². The van der Waals surface area contributed by atoms with Gasteiger partial charge in [0.2, 0.25) is 0 Å². The molecular formula is C23H21IN4. The number of aromatic nitrogens is 3. The Kier molecular flexibility index (Phi) is 5.02. The highest BCUT2D eigenvalue weighted by molar-refractivity contribution is 14.1. The summed E-state index contributed by atoms with van der Waals surface area (Å²) >= 11 is 2.21. The van der Waals surface area contributed by atoms with Crippen molar-refractivity contribution in [2.24, 2.45) is 4.99 Å². The Hall–Kier alpha value is -2.54. The van der Waals surface area contributed by atoms with Crippen molar-refractivity contribution in [3.8, 4) is 11.3 Å². The third-order valence-electron chi connectivity index (χ3n) is 4.58. The summed E-state index contributed by atoms with van der Waals surface area (Å²) in [5.41, 5.74) is 5.11. The van der Waals surface area contributed by atoms with Crippen LogP contribution in [0, 0.1) is 3.70 Å². The monoisotopic (exact) mass is 480 g/mol. The van der Waals surface area contributed by atoms with Crippen molar-refractivity contribution >= 4 is 40.3 Å². The van der Waals surface area contributed by atoms with Gasteiger partial charge < -0.3 is 0 Å². The second kappa shape index (κ2) is 7.47. The zero-order valence-electron chi connectivity index (χ0n) is 16.1. The summed E-state index contributed by atoms with van der Waals surface area (Å²) < 4.78 is 2.71. The van der Waals surface area contributed by atoms with Crippen LogP contribution in [0.15, 0.2) is 71.7 Å². The Morgan fingerprint density at radius 2 is 1.64 bits per heavy atom. The predicted molar refractivity (Wildman–Crippen MR) is 124 cm³/mol. The van der Waals surface area contributed by atoms with E-state index in [1.54, 1.807) is 0 Å². The summed E-state index contributed by atoms with van der Waals surface area (Å²) in [6, 6.07) is 22.6. The van der Waals surface area contributed by atoms with Crippen LogP contribution >= 0.6 is 22.6 Å². The Morgan fingerprint density at radius 3 is 2.32 bits per heavy atom. The molecule has 0 N–H and O–H groups in total. The molecule has 0 aliphatic heterocycles. The van der Waals surface area contributed by atoms with Gasteiger partial charge in [-0.15, -0.1) is 0 Å². The SMILES string of the molecule is CC(C)(C)c1ccc(-c2nc3ccc(I)nn3c2/N=C/c2ccccc2)cc1. The lowest BCUT2D eigenvalue weighted by Gasteiger charge is -2.18. The van der Waals surface area contributed by atoms with E-state index in [0.29, 0.717) is 0 Å². The van der Waals surface area contributed by atoms with Crippen molar-refractivity contribution in [2.45, 2.75) is 26.2 Å². The average Bonchev–Trinajstić information content (AvgIpc) is 3.04. The molecule has 0 saturated heterocycles. The molecule has 0 bridgehead atoms.